The van der Waals surface area contributed by atoms with Crippen LogP contribution in [0.2, 0.25) is 0 Å². The van der Waals surface area contributed by atoms with Gasteiger partial charge in [-0.15, -0.1) is 5.10 Å². The van der Waals surface area contributed by atoms with E-state index < -0.39 is 11.9 Å². The van der Waals surface area contributed by atoms with Gasteiger partial charge in [-0.3, -0.25) is 9.69 Å². The van der Waals surface area contributed by atoms with Gasteiger partial charge in [0.05, 0.1) is 18.9 Å². The number of hydrogen-bond acceptors (Lipinski definition) is 11. The molecular formula is C19H21N9O4. The number of ether oxygens (including phenoxy) is 1. The monoisotopic (exact) mass is 439 g/mol. The number of benzene rings is 1. The Labute approximate surface area is 182 Å². The predicted octanol–water partition coefficient (Wildman–Crippen LogP) is 0.379. The number of amides is 1. The summed E-state index contributed by atoms with van der Waals surface area (Å²) in [7, 11) is 1.31. The minimum absolute atomic E-state index is 0.0223. The second-order valence-electron chi connectivity index (χ2n) is 7.07. The van der Waals surface area contributed by atoms with Crippen molar-refractivity contribution in [2.45, 2.75) is 19.4 Å². The Morgan fingerprint density at radius 2 is 2.00 bits per heavy atom. The number of carbonyl (C=O) groups excluding carboxylic acids is 2. The lowest BCUT2D eigenvalue weighted by Crippen LogP contribution is -2.26. The van der Waals surface area contributed by atoms with Crippen LogP contribution in [0.5, 0.6) is 0 Å². The van der Waals surface area contributed by atoms with Crippen LogP contribution in [-0.4, -0.2) is 68.5 Å². The lowest BCUT2D eigenvalue weighted by atomic mass is 10.1. The van der Waals surface area contributed by atoms with Crippen molar-refractivity contribution in [3.8, 4) is 5.82 Å². The van der Waals surface area contributed by atoms with E-state index in [9.17, 15) is 9.59 Å². The van der Waals surface area contributed by atoms with Crippen molar-refractivity contribution in [1.82, 2.24) is 35.6 Å². The molecule has 1 aliphatic heterocycles. The summed E-state index contributed by atoms with van der Waals surface area (Å²) in [4.78, 5) is 26.7. The second kappa shape index (κ2) is 9.34. The molecule has 0 bridgehead atoms. The highest BCUT2D eigenvalue weighted by Crippen LogP contribution is 2.19. The minimum Gasteiger partial charge on any atom is -0.465 e. The van der Waals surface area contributed by atoms with Crippen LogP contribution < -0.4 is 11.2 Å². The Morgan fingerprint density at radius 1 is 1.25 bits per heavy atom. The number of hydrogen-bond donors (Lipinski definition) is 2. The van der Waals surface area contributed by atoms with Gasteiger partial charge < -0.3 is 10.5 Å². The van der Waals surface area contributed by atoms with Crippen LogP contribution in [-0.2, 0) is 11.3 Å². The second-order valence-corrected chi connectivity index (χ2v) is 7.07. The number of nitrogens with two attached hydrogens (primary N) is 1. The fourth-order valence-electron chi connectivity index (χ4n) is 3.33. The number of aromatic nitrogens is 5. The number of nitrogen functional groups attached to an aromatic ring is 1. The lowest BCUT2D eigenvalue weighted by Gasteiger charge is -2.13. The van der Waals surface area contributed by atoms with Crippen LogP contribution in [0.15, 0.2) is 34.0 Å². The highest BCUT2D eigenvalue weighted by molar-refractivity contribution is 5.95. The molecule has 0 aliphatic carbocycles. The quantitative estimate of drug-likeness (QED) is 0.298. The van der Waals surface area contributed by atoms with Gasteiger partial charge in [0, 0.05) is 6.54 Å². The zero-order chi connectivity index (χ0) is 22.5. The summed E-state index contributed by atoms with van der Waals surface area (Å²) in [5, 5.41) is 19.4. The minimum atomic E-state index is -0.547. The van der Waals surface area contributed by atoms with E-state index in [2.05, 4.69) is 45.4 Å². The van der Waals surface area contributed by atoms with Gasteiger partial charge in [-0.05, 0) is 53.9 Å². The van der Waals surface area contributed by atoms with Crippen molar-refractivity contribution in [3.05, 3.63) is 46.8 Å². The SMILES string of the molecule is COC(=O)c1ccc(/C=N/NC(=O)c2c(CN3CCCC3)nnn2-c2nonc2N)cc1. The Balaban J connectivity index is 1.53. The normalized spacial score (nSPS) is 14.2. The smallest absolute Gasteiger partial charge is 0.337 e. The lowest BCUT2D eigenvalue weighted by molar-refractivity contribution is 0.0600. The standard InChI is InChI=1S/C19H21N9O4/c1-31-19(30)13-6-4-12(5-7-13)10-21-23-18(29)15-14(11-27-8-2-3-9-27)22-26-28(15)17-16(20)24-32-25-17/h4-7,10H,2-3,8-9,11H2,1H3,(H2,20,24)(H,23,29)/b21-10+. The third kappa shape index (κ3) is 4.46. The first-order valence-electron chi connectivity index (χ1n) is 9.84. The average molecular weight is 439 g/mol. The van der Waals surface area contributed by atoms with Gasteiger partial charge in [0.1, 0.15) is 5.69 Å². The molecule has 0 radical (unpaired) electrons. The van der Waals surface area contributed by atoms with Crippen molar-refractivity contribution in [3.63, 3.8) is 0 Å². The molecule has 0 atom stereocenters. The van der Waals surface area contributed by atoms with E-state index in [4.69, 9.17) is 5.73 Å². The highest BCUT2D eigenvalue weighted by atomic mass is 16.6. The number of esters is 1. The number of nitrogens with one attached hydrogen (secondary N) is 1. The van der Waals surface area contributed by atoms with Gasteiger partial charge in [0.2, 0.25) is 11.6 Å². The van der Waals surface area contributed by atoms with Crippen LogP contribution in [0.3, 0.4) is 0 Å². The third-order valence-corrected chi connectivity index (χ3v) is 4.93. The van der Waals surface area contributed by atoms with Crippen LogP contribution >= 0.6 is 0 Å². The maximum atomic E-state index is 13.0. The molecule has 13 heteroatoms. The molecule has 3 heterocycles. The van der Waals surface area contributed by atoms with Crippen LogP contribution in [0.4, 0.5) is 5.82 Å². The molecule has 3 N–H and O–H groups in total. The summed E-state index contributed by atoms with van der Waals surface area (Å²) >= 11 is 0. The van der Waals surface area contributed by atoms with Gasteiger partial charge in [-0.1, -0.05) is 17.3 Å². The molecule has 1 amide bonds. The number of nitrogens with zero attached hydrogens (tertiary/aromatic N) is 7. The van der Waals surface area contributed by atoms with Gasteiger partial charge in [-0.2, -0.15) is 9.78 Å². The van der Waals surface area contributed by atoms with E-state index >= 15 is 0 Å². The number of likely N-dealkylation sites (tertiary alicyclic amines) is 1. The van der Waals surface area contributed by atoms with E-state index in [1.165, 1.54) is 18.0 Å². The summed E-state index contributed by atoms with van der Waals surface area (Å²) in [5.74, 6) is -0.938. The fourth-order valence-corrected chi connectivity index (χ4v) is 3.33. The number of anilines is 1. The molecule has 1 saturated heterocycles. The number of methoxy groups -OCH3 is 1. The van der Waals surface area contributed by atoms with Gasteiger partial charge >= 0.3 is 5.97 Å². The molecule has 1 aromatic carbocycles. The fraction of sp³-hybridized carbons (Fsp3) is 0.316. The molecule has 0 saturated carbocycles. The Kier molecular flexibility index (Phi) is 6.17. The van der Waals surface area contributed by atoms with E-state index in [-0.39, 0.29) is 17.3 Å². The Morgan fingerprint density at radius 3 is 2.66 bits per heavy atom. The third-order valence-electron chi connectivity index (χ3n) is 4.93. The first-order valence-corrected chi connectivity index (χ1v) is 9.84. The average Bonchev–Trinajstić information content (AvgIpc) is 3.55. The number of rotatable bonds is 7. The van der Waals surface area contributed by atoms with Crippen molar-refractivity contribution in [2.75, 3.05) is 25.9 Å². The first kappa shape index (κ1) is 21.1. The van der Waals surface area contributed by atoms with Gasteiger partial charge in [0.25, 0.3) is 5.91 Å². The van der Waals surface area contributed by atoms with Crippen LogP contribution in [0, 0.1) is 0 Å². The number of hydrazone groups is 1. The molecule has 1 aliphatic rings. The predicted molar refractivity (Wildman–Crippen MR) is 111 cm³/mol. The molecule has 32 heavy (non-hydrogen) atoms. The van der Waals surface area contributed by atoms with E-state index in [0.717, 1.165) is 25.9 Å². The summed E-state index contributed by atoms with van der Waals surface area (Å²) in [6.07, 6.45) is 3.63. The van der Waals surface area contributed by atoms with Crippen molar-refractivity contribution >= 4 is 23.9 Å². The molecule has 3 aromatic rings. The van der Waals surface area contributed by atoms with Crippen LogP contribution in [0.25, 0.3) is 5.82 Å². The maximum absolute atomic E-state index is 13.0. The molecule has 4 rings (SSSR count). The van der Waals surface area contributed by atoms with Crippen molar-refractivity contribution < 1.29 is 19.0 Å². The highest BCUT2D eigenvalue weighted by Gasteiger charge is 2.26. The topological polar surface area (TPSA) is 167 Å². The summed E-state index contributed by atoms with van der Waals surface area (Å²) in [5.41, 5.74) is 9.93. The van der Waals surface area contributed by atoms with E-state index in [1.54, 1.807) is 24.3 Å². The van der Waals surface area contributed by atoms with Crippen LogP contribution in [0.1, 0.15) is 44.9 Å². The molecule has 0 spiro atoms. The number of carbonyl (C=O) groups is 2. The van der Waals surface area contributed by atoms with Crippen molar-refractivity contribution in [2.24, 2.45) is 5.10 Å². The van der Waals surface area contributed by atoms with Crippen molar-refractivity contribution in [1.29, 1.82) is 0 Å². The molecule has 2 aromatic heterocycles. The largest absolute Gasteiger partial charge is 0.465 e. The summed E-state index contributed by atoms with van der Waals surface area (Å²) in [6.45, 7) is 2.29. The zero-order valence-corrected chi connectivity index (χ0v) is 17.3. The van der Waals surface area contributed by atoms with E-state index in [1.807, 2.05) is 0 Å². The van der Waals surface area contributed by atoms with Gasteiger partial charge in [0.15, 0.2) is 5.69 Å². The molecule has 13 nitrogen and oxygen atoms in total. The van der Waals surface area contributed by atoms with E-state index in [0.29, 0.717) is 23.4 Å². The summed E-state index contributed by atoms with van der Waals surface area (Å²) in [6, 6.07) is 6.55. The summed E-state index contributed by atoms with van der Waals surface area (Å²) < 4.78 is 10.5. The molecule has 166 valence electrons. The Hall–Kier alpha value is -4.13. The molecule has 0 unspecified atom stereocenters. The molecule has 1 fully saturated rings. The molecular weight excluding hydrogens is 418 g/mol. The Bertz CT molecular complexity index is 1130. The first-order chi connectivity index (χ1) is 15.6. The van der Waals surface area contributed by atoms with Gasteiger partial charge in [-0.25, -0.2) is 14.8 Å². The maximum Gasteiger partial charge on any atom is 0.337 e. The zero-order valence-electron chi connectivity index (χ0n) is 17.3.